The molecule has 0 saturated carbocycles. The second-order valence-corrected chi connectivity index (χ2v) is 6.34. The number of benzene rings is 2. The van der Waals surface area contributed by atoms with Gasteiger partial charge in [-0.2, -0.15) is 4.98 Å². The van der Waals surface area contributed by atoms with E-state index in [4.69, 9.17) is 9.26 Å². The van der Waals surface area contributed by atoms with Crippen LogP contribution in [0, 0.1) is 6.92 Å². The van der Waals surface area contributed by atoms with Crippen LogP contribution in [0.2, 0.25) is 0 Å². The molecule has 0 unspecified atom stereocenters. The Labute approximate surface area is 171 Å². The molecule has 9 heteroatoms. The zero-order valence-electron chi connectivity index (χ0n) is 15.9. The standard InChI is InChI=1S/C21H17N5O4/c1-13-24-19(26-30-13)12-29-18-7-5-14(6-8-18)21(28)25-16-10-22-20(23-11-16)15-3-2-4-17(27)9-15/h2-11,27H,12H2,1H3,(H,25,28). The van der Waals surface area contributed by atoms with Crippen LogP contribution >= 0.6 is 0 Å². The fourth-order valence-corrected chi connectivity index (χ4v) is 2.64. The normalized spacial score (nSPS) is 10.6. The molecule has 0 spiro atoms. The van der Waals surface area contributed by atoms with Gasteiger partial charge in [-0.15, -0.1) is 0 Å². The highest BCUT2D eigenvalue weighted by molar-refractivity contribution is 6.04. The molecule has 0 aliphatic rings. The Morgan fingerprint density at radius 2 is 1.90 bits per heavy atom. The summed E-state index contributed by atoms with van der Waals surface area (Å²) in [7, 11) is 0. The summed E-state index contributed by atoms with van der Waals surface area (Å²) in [5.41, 5.74) is 1.59. The number of carbonyl (C=O) groups excluding carboxylic acids is 1. The van der Waals surface area contributed by atoms with Gasteiger partial charge in [0.15, 0.2) is 12.4 Å². The number of hydrogen-bond donors (Lipinski definition) is 2. The number of amides is 1. The number of nitrogens with one attached hydrogen (secondary N) is 1. The first kappa shape index (κ1) is 19.1. The van der Waals surface area contributed by atoms with E-state index in [1.807, 2.05) is 0 Å². The Kier molecular flexibility index (Phi) is 5.33. The second kappa shape index (κ2) is 8.39. The maximum absolute atomic E-state index is 12.4. The van der Waals surface area contributed by atoms with E-state index in [0.717, 1.165) is 0 Å². The minimum absolute atomic E-state index is 0.133. The van der Waals surface area contributed by atoms with Crippen molar-refractivity contribution in [2.24, 2.45) is 0 Å². The Balaban J connectivity index is 1.36. The quantitative estimate of drug-likeness (QED) is 0.502. The van der Waals surface area contributed by atoms with Gasteiger partial charge in [0.25, 0.3) is 5.91 Å². The zero-order chi connectivity index (χ0) is 20.9. The molecule has 2 heterocycles. The van der Waals surface area contributed by atoms with E-state index >= 15 is 0 Å². The average Bonchev–Trinajstić information content (AvgIpc) is 3.18. The molecule has 0 atom stereocenters. The number of hydrogen-bond acceptors (Lipinski definition) is 8. The van der Waals surface area contributed by atoms with Crippen molar-refractivity contribution in [3.8, 4) is 22.9 Å². The van der Waals surface area contributed by atoms with Crippen molar-refractivity contribution in [1.82, 2.24) is 20.1 Å². The van der Waals surface area contributed by atoms with Crippen molar-refractivity contribution < 1.29 is 19.2 Å². The van der Waals surface area contributed by atoms with E-state index in [0.29, 0.717) is 40.1 Å². The largest absolute Gasteiger partial charge is 0.508 e. The molecule has 1 amide bonds. The van der Waals surface area contributed by atoms with Crippen LogP contribution in [0.4, 0.5) is 5.69 Å². The van der Waals surface area contributed by atoms with Crippen molar-refractivity contribution in [3.63, 3.8) is 0 Å². The Morgan fingerprint density at radius 3 is 2.57 bits per heavy atom. The van der Waals surface area contributed by atoms with Crippen molar-refractivity contribution in [2.75, 3.05) is 5.32 Å². The van der Waals surface area contributed by atoms with Gasteiger partial charge >= 0.3 is 0 Å². The molecule has 0 radical (unpaired) electrons. The number of anilines is 1. The van der Waals surface area contributed by atoms with Gasteiger partial charge in [0.2, 0.25) is 11.7 Å². The minimum atomic E-state index is -0.302. The highest BCUT2D eigenvalue weighted by atomic mass is 16.5. The third-order valence-electron chi connectivity index (χ3n) is 4.07. The maximum atomic E-state index is 12.4. The molecule has 0 aliphatic heterocycles. The summed E-state index contributed by atoms with van der Waals surface area (Å²) in [4.78, 5) is 24.9. The van der Waals surface area contributed by atoms with Gasteiger partial charge in [-0.3, -0.25) is 4.79 Å². The lowest BCUT2D eigenvalue weighted by Gasteiger charge is -2.07. The van der Waals surface area contributed by atoms with Crippen LogP contribution < -0.4 is 10.1 Å². The van der Waals surface area contributed by atoms with Gasteiger partial charge in [-0.25, -0.2) is 9.97 Å². The third kappa shape index (κ3) is 4.58. The van der Waals surface area contributed by atoms with Gasteiger partial charge in [0.1, 0.15) is 11.5 Å². The van der Waals surface area contributed by atoms with Crippen LogP contribution in [0.25, 0.3) is 11.4 Å². The summed E-state index contributed by atoms with van der Waals surface area (Å²) in [6, 6.07) is 13.3. The number of carbonyl (C=O) groups is 1. The molecule has 0 bridgehead atoms. The molecule has 2 aromatic carbocycles. The molecular formula is C21H17N5O4. The summed E-state index contributed by atoms with van der Waals surface area (Å²) in [5.74, 6) is 1.77. The molecule has 2 N–H and O–H groups in total. The lowest BCUT2D eigenvalue weighted by molar-refractivity contribution is 0.102. The summed E-state index contributed by atoms with van der Waals surface area (Å²) in [5, 5.41) is 16.0. The van der Waals surface area contributed by atoms with Crippen LogP contribution in [-0.4, -0.2) is 31.1 Å². The third-order valence-corrected chi connectivity index (χ3v) is 4.07. The predicted molar refractivity (Wildman–Crippen MR) is 107 cm³/mol. The molecule has 2 aromatic heterocycles. The van der Waals surface area contributed by atoms with E-state index < -0.39 is 0 Å². The van der Waals surface area contributed by atoms with Crippen LogP contribution in [0.5, 0.6) is 11.5 Å². The SMILES string of the molecule is Cc1nc(COc2ccc(C(=O)Nc3cnc(-c4cccc(O)c4)nc3)cc2)no1. The fourth-order valence-electron chi connectivity index (χ4n) is 2.64. The van der Waals surface area contributed by atoms with E-state index in [2.05, 4.69) is 25.4 Å². The lowest BCUT2D eigenvalue weighted by atomic mass is 10.2. The van der Waals surface area contributed by atoms with Gasteiger partial charge in [0, 0.05) is 18.1 Å². The first-order valence-electron chi connectivity index (χ1n) is 9.02. The maximum Gasteiger partial charge on any atom is 0.255 e. The van der Waals surface area contributed by atoms with Crippen molar-refractivity contribution in [3.05, 3.63) is 78.2 Å². The summed E-state index contributed by atoms with van der Waals surface area (Å²) in [6.07, 6.45) is 3.02. The fraction of sp³-hybridized carbons (Fsp3) is 0.0952. The van der Waals surface area contributed by atoms with Crippen LogP contribution in [-0.2, 0) is 6.61 Å². The smallest absolute Gasteiger partial charge is 0.255 e. The predicted octanol–water partition coefficient (Wildman–Crippen LogP) is 3.37. The van der Waals surface area contributed by atoms with Crippen LogP contribution in [0.1, 0.15) is 22.1 Å². The van der Waals surface area contributed by atoms with Crippen molar-refractivity contribution in [2.45, 2.75) is 13.5 Å². The summed E-state index contributed by atoms with van der Waals surface area (Å²) < 4.78 is 10.4. The summed E-state index contributed by atoms with van der Waals surface area (Å²) in [6.45, 7) is 1.88. The molecular weight excluding hydrogens is 386 g/mol. The molecule has 150 valence electrons. The number of aromatic nitrogens is 4. The van der Waals surface area contributed by atoms with Gasteiger partial charge in [0.05, 0.1) is 18.1 Å². The number of nitrogens with zero attached hydrogens (tertiary/aromatic N) is 4. The Hall–Kier alpha value is -4.27. The number of rotatable bonds is 6. The van der Waals surface area contributed by atoms with E-state index in [1.54, 1.807) is 55.5 Å². The lowest BCUT2D eigenvalue weighted by Crippen LogP contribution is -2.12. The zero-order valence-corrected chi connectivity index (χ0v) is 15.9. The summed E-state index contributed by atoms with van der Waals surface area (Å²) >= 11 is 0. The molecule has 0 fully saturated rings. The highest BCUT2D eigenvalue weighted by Crippen LogP contribution is 2.20. The monoisotopic (exact) mass is 403 g/mol. The van der Waals surface area contributed by atoms with Gasteiger partial charge in [-0.05, 0) is 36.4 Å². The molecule has 30 heavy (non-hydrogen) atoms. The van der Waals surface area contributed by atoms with Crippen LogP contribution in [0.15, 0.2) is 65.4 Å². The van der Waals surface area contributed by atoms with Crippen molar-refractivity contribution >= 4 is 11.6 Å². The Bertz CT molecular complexity index is 1160. The molecule has 4 rings (SSSR count). The van der Waals surface area contributed by atoms with E-state index in [9.17, 15) is 9.90 Å². The molecule has 0 aliphatic carbocycles. The first-order chi connectivity index (χ1) is 14.6. The number of phenolic OH excluding ortho intramolecular Hbond substituents is 1. The number of aromatic hydroxyl groups is 1. The highest BCUT2D eigenvalue weighted by Gasteiger charge is 2.09. The number of phenols is 1. The van der Waals surface area contributed by atoms with Crippen molar-refractivity contribution in [1.29, 1.82) is 0 Å². The minimum Gasteiger partial charge on any atom is -0.508 e. The van der Waals surface area contributed by atoms with Crippen LogP contribution in [0.3, 0.4) is 0 Å². The molecule has 4 aromatic rings. The topological polar surface area (TPSA) is 123 Å². The number of ether oxygens (including phenoxy) is 1. The van der Waals surface area contributed by atoms with E-state index in [1.165, 1.54) is 12.4 Å². The van der Waals surface area contributed by atoms with E-state index in [-0.39, 0.29) is 18.3 Å². The molecule has 0 saturated heterocycles. The average molecular weight is 403 g/mol. The second-order valence-electron chi connectivity index (χ2n) is 6.34. The Morgan fingerprint density at radius 1 is 1.13 bits per heavy atom. The van der Waals surface area contributed by atoms with Gasteiger partial charge in [-0.1, -0.05) is 17.3 Å². The number of aryl methyl sites for hydroxylation is 1. The van der Waals surface area contributed by atoms with Gasteiger partial charge < -0.3 is 19.7 Å². The molecule has 9 nitrogen and oxygen atoms in total. The first-order valence-corrected chi connectivity index (χ1v) is 9.02.